The second-order valence-corrected chi connectivity index (χ2v) is 9.01. The number of carbonyl (C=O) groups excluding carboxylic acids is 1. The van der Waals surface area contributed by atoms with E-state index in [0.29, 0.717) is 28.8 Å². The van der Waals surface area contributed by atoms with E-state index in [4.69, 9.17) is 9.47 Å². The number of benzene rings is 3. The largest absolute Gasteiger partial charge is 0.497 e. The number of ether oxygens (including phenoxy) is 2. The number of anilines is 1. The highest BCUT2D eigenvalue weighted by molar-refractivity contribution is 8.00. The Bertz CT molecular complexity index is 1380. The molecule has 1 heterocycles. The lowest BCUT2D eigenvalue weighted by Crippen LogP contribution is -2.23. The summed E-state index contributed by atoms with van der Waals surface area (Å²) in [4.78, 5) is 13.0. The van der Waals surface area contributed by atoms with Gasteiger partial charge in [-0.3, -0.25) is 9.36 Å². The highest BCUT2D eigenvalue weighted by Gasteiger charge is 2.22. The van der Waals surface area contributed by atoms with Crippen molar-refractivity contribution >= 4 is 23.4 Å². The molecule has 1 N–H and O–H groups in total. The molecule has 4 rings (SSSR count). The summed E-state index contributed by atoms with van der Waals surface area (Å²) in [6.45, 7) is 4.30. The van der Waals surface area contributed by atoms with Gasteiger partial charge in [-0.25, -0.2) is 0 Å². The summed E-state index contributed by atoms with van der Waals surface area (Å²) >= 11 is 1.28. The second kappa shape index (κ2) is 11.4. The number of nitrogens with zero attached hydrogens (tertiary/aromatic N) is 4. The van der Waals surface area contributed by atoms with Crippen LogP contribution in [0, 0.1) is 11.3 Å². The van der Waals surface area contributed by atoms with Crippen LogP contribution in [0.5, 0.6) is 11.5 Å². The molecule has 0 saturated heterocycles. The molecule has 36 heavy (non-hydrogen) atoms. The molecule has 3 aromatic carbocycles. The van der Waals surface area contributed by atoms with Crippen LogP contribution in [0.25, 0.3) is 17.1 Å². The van der Waals surface area contributed by atoms with E-state index in [1.54, 1.807) is 38.3 Å². The molecule has 9 heteroatoms. The standard InChI is InChI=1S/C27H25N5O3S/c1-4-35-23-15-11-21(12-16-23)32-25(19-9-13-22(34-3)14-10-19)30-31-27(32)36-18(2)26(33)29-24-8-6-5-7-20(24)17-28/h5-16,18H,4H2,1-3H3,(H,29,33). The Hall–Kier alpha value is -4.29. The van der Waals surface area contributed by atoms with Gasteiger partial charge in [0.15, 0.2) is 11.0 Å². The molecular weight excluding hydrogens is 474 g/mol. The highest BCUT2D eigenvalue weighted by Crippen LogP contribution is 2.32. The van der Waals surface area contributed by atoms with Crippen LogP contribution in [0.4, 0.5) is 5.69 Å². The smallest absolute Gasteiger partial charge is 0.237 e. The first-order valence-electron chi connectivity index (χ1n) is 11.3. The third-order valence-corrected chi connectivity index (χ3v) is 6.39. The lowest BCUT2D eigenvalue weighted by atomic mass is 10.2. The van der Waals surface area contributed by atoms with Gasteiger partial charge in [-0.1, -0.05) is 23.9 Å². The first-order valence-corrected chi connectivity index (χ1v) is 12.2. The quantitative estimate of drug-likeness (QED) is 0.310. The molecule has 0 fully saturated rings. The summed E-state index contributed by atoms with van der Waals surface area (Å²) in [7, 11) is 1.62. The molecule has 0 saturated carbocycles. The Labute approximate surface area is 213 Å². The number of rotatable bonds is 9. The molecule has 0 aliphatic carbocycles. The molecule has 0 spiro atoms. The van der Waals surface area contributed by atoms with Crippen LogP contribution < -0.4 is 14.8 Å². The molecule has 1 aromatic heterocycles. The highest BCUT2D eigenvalue weighted by atomic mass is 32.2. The molecule has 0 aliphatic rings. The predicted molar refractivity (Wildman–Crippen MR) is 140 cm³/mol. The monoisotopic (exact) mass is 499 g/mol. The minimum atomic E-state index is -0.508. The SMILES string of the molecule is CCOc1ccc(-n2c(SC(C)C(=O)Nc3ccccc3C#N)nnc2-c2ccc(OC)cc2)cc1. The van der Waals surface area contributed by atoms with Crippen LogP contribution in [-0.4, -0.2) is 39.6 Å². The first-order chi connectivity index (χ1) is 17.5. The molecule has 4 aromatic rings. The van der Waals surface area contributed by atoms with Crippen LogP contribution in [0.3, 0.4) is 0 Å². The fourth-order valence-electron chi connectivity index (χ4n) is 3.50. The summed E-state index contributed by atoms with van der Waals surface area (Å²) in [5.41, 5.74) is 2.56. The summed E-state index contributed by atoms with van der Waals surface area (Å²) in [5, 5.41) is 21.1. The van der Waals surface area contributed by atoms with Crippen LogP contribution >= 0.6 is 11.8 Å². The number of amides is 1. The molecule has 0 bridgehead atoms. The molecule has 0 radical (unpaired) electrons. The lowest BCUT2D eigenvalue weighted by Gasteiger charge is -2.15. The summed E-state index contributed by atoms with van der Waals surface area (Å²) < 4.78 is 12.8. The van der Waals surface area contributed by atoms with Crippen molar-refractivity contribution in [3.8, 4) is 34.6 Å². The number of carbonyl (C=O) groups is 1. The van der Waals surface area contributed by atoms with Crippen LogP contribution in [0.2, 0.25) is 0 Å². The number of hydrogen-bond donors (Lipinski definition) is 1. The number of aromatic nitrogens is 3. The fourth-order valence-corrected chi connectivity index (χ4v) is 4.37. The van der Waals surface area contributed by atoms with Gasteiger partial charge in [-0.2, -0.15) is 5.26 Å². The average molecular weight is 500 g/mol. The third-order valence-electron chi connectivity index (χ3n) is 5.34. The maximum Gasteiger partial charge on any atom is 0.237 e. The van der Waals surface area contributed by atoms with Gasteiger partial charge in [0.05, 0.1) is 30.2 Å². The van der Waals surface area contributed by atoms with Gasteiger partial charge in [0, 0.05) is 11.3 Å². The van der Waals surface area contributed by atoms with Crippen molar-refractivity contribution in [3.63, 3.8) is 0 Å². The lowest BCUT2D eigenvalue weighted by molar-refractivity contribution is -0.115. The van der Waals surface area contributed by atoms with Gasteiger partial charge in [0.1, 0.15) is 17.6 Å². The molecule has 1 atom stereocenters. The number of para-hydroxylation sites is 1. The normalized spacial score (nSPS) is 11.4. The van der Waals surface area contributed by atoms with E-state index in [9.17, 15) is 10.1 Å². The molecular formula is C27H25N5O3S. The zero-order chi connectivity index (χ0) is 25.5. The van der Waals surface area contributed by atoms with E-state index in [0.717, 1.165) is 22.7 Å². The first kappa shape index (κ1) is 24.8. The molecule has 1 amide bonds. The van der Waals surface area contributed by atoms with Crippen LogP contribution in [-0.2, 0) is 4.79 Å². The number of nitrogens with one attached hydrogen (secondary N) is 1. The zero-order valence-corrected chi connectivity index (χ0v) is 21.0. The van der Waals surface area contributed by atoms with Crippen molar-refractivity contribution in [1.29, 1.82) is 5.26 Å². The molecule has 182 valence electrons. The van der Waals surface area contributed by atoms with E-state index in [1.165, 1.54) is 11.8 Å². The van der Waals surface area contributed by atoms with E-state index in [1.807, 2.05) is 60.0 Å². The maximum absolute atomic E-state index is 13.0. The number of hydrogen-bond acceptors (Lipinski definition) is 7. The van der Waals surface area contributed by atoms with Crippen molar-refractivity contribution in [1.82, 2.24) is 14.8 Å². The third kappa shape index (κ3) is 5.50. The predicted octanol–water partition coefficient (Wildman–Crippen LogP) is 5.33. The maximum atomic E-state index is 13.0. The summed E-state index contributed by atoms with van der Waals surface area (Å²) in [6, 6.07) is 24.2. The van der Waals surface area contributed by atoms with Gasteiger partial charge in [0.2, 0.25) is 5.91 Å². The Morgan fingerprint density at radius 2 is 1.75 bits per heavy atom. The van der Waals surface area contributed by atoms with E-state index >= 15 is 0 Å². The van der Waals surface area contributed by atoms with Crippen molar-refractivity contribution in [2.75, 3.05) is 19.0 Å². The Morgan fingerprint density at radius 3 is 2.42 bits per heavy atom. The van der Waals surface area contributed by atoms with Crippen LogP contribution in [0.1, 0.15) is 19.4 Å². The topological polar surface area (TPSA) is 102 Å². The minimum Gasteiger partial charge on any atom is -0.497 e. The molecule has 8 nitrogen and oxygen atoms in total. The number of methoxy groups -OCH3 is 1. The number of nitriles is 1. The van der Waals surface area contributed by atoms with E-state index in [2.05, 4.69) is 21.6 Å². The summed E-state index contributed by atoms with van der Waals surface area (Å²) in [6.07, 6.45) is 0. The minimum absolute atomic E-state index is 0.241. The van der Waals surface area contributed by atoms with E-state index in [-0.39, 0.29) is 5.91 Å². The number of thioether (sulfide) groups is 1. The average Bonchev–Trinajstić information content (AvgIpc) is 3.33. The van der Waals surface area contributed by atoms with Gasteiger partial charge in [-0.15, -0.1) is 10.2 Å². The van der Waals surface area contributed by atoms with Crippen molar-refractivity contribution in [3.05, 3.63) is 78.4 Å². The zero-order valence-electron chi connectivity index (χ0n) is 20.1. The van der Waals surface area contributed by atoms with Crippen LogP contribution in [0.15, 0.2) is 78.0 Å². The van der Waals surface area contributed by atoms with Gasteiger partial charge >= 0.3 is 0 Å². The van der Waals surface area contributed by atoms with Crippen molar-refractivity contribution in [2.24, 2.45) is 0 Å². The molecule has 0 aliphatic heterocycles. The van der Waals surface area contributed by atoms with Crippen molar-refractivity contribution in [2.45, 2.75) is 24.3 Å². The van der Waals surface area contributed by atoms with Crippen molar-refractivity contribution < 1.29 is 14.3 Å². The Balaban J connectivity index is 1.66. The van der Waals surface area contributed by atoms with Gasteiger partial charge < -0.3 is 14.8 Å². The Morgan fingerprint density at radius 1 is 1.06 bits per heavy atom. The summed E-state index contributed by atoms with van der Waals surface area (Å²) in [5.74, 6) is 1.89. The second-order valence-electron chi connectivity index (χ2n) is 7.70. The van der Waals surface area contributed by atoms with Gasteiger partial charge in [0.25, 0.3) is 0 Å². The van der Waals surface area contributed by atoms with Gasteiger partial charge in [-0.05, 0) is 74.5 Å². The molecule has 1 unspecified atom stereocenters. The van der Waals surface area contributed by atoms with E-state index < -0.39 is 5.25 Å². The fraction of sp³-hybridized carbons (Fsp3) is 0.185. The Kier molecular flexibility index (Phi) is 7.88.